The summed E-state index contributed by atoms with van der Waals surface area (Å²) in [6.45, 7) is 4.31. The van der Waals surface area contributed by atoms with E-state index in [-0.39, 0.29) is 29.8 Å². The number of piperidine rings is 1. The number of para-hydroxylation sites is 1. The van der Waals surface area contributed by atoms with E-state index in [1.165, 1.54) is 11.8 Å². The lowest BCUT2D eigenvalue weighted by Gasteiger charge is -2.46. The molecule has 1 aliphatic heterocycles. The molecule has 2 fully saturated rings. The molecule has 28 heavy (non-hydrogen) atoms. The quantitative estimate of drug-likeness (QED) is 0.725. The number of thiazole rings is 1. The number of nitrogens with zero attached hydrogens (tertiary/aromatic N) is 1. The van der Waals surface area contributed by atoms with Crippen LogP contribution in [0.25, 0.3) is 10.2 Å². The van der Waals surface area contributed by atoms with Crippen molar-refractivity contribution in [3.05, 3.63) is 24.3 Å². The molecule has 150 valence electrons. The molecule has 0 spiro atoms. The molecule has 1 saturated heterocycles. The lowest BCUT2D eigenvalue weighted by Crippen LogP contribution is -2.58. The van der Waals surface area contributed by atoms with E-state index in [0.29, 0.717) is 17.6 Å². The van der Waals surface area contributed by atoms with Gasteiger partial charge < -0.3 is 10.6 Å². The number of rotatable bonds is 5. The third kappa shape index (κ3) is 4.06. The molecule has 1 saturated carbocycles. The van der Waals surface area contributed by atoms with Crippen LogP contribution in [0.4, 0.5) is 0 Å². The van der Waals surface area contributed by atoms with E-state index >= 15 is 0 Å². The first-order valence-electron chi connectivity index (χ1n) is 10.1. The van der Waals surface area contributed by atoms with Gasteiger partial charge in [-0.3, -0.25) is 9.59 Å². The predicted molar refractivity (Wildman–Crippen MR) is 114 cm³/mol. The first-order valence-corrected chi connectivity index (χ1v) is 11.9. The van der Waals surface area contributed by atoms with Crippen LogP contribution >= 0.6 is 23.1 Å². The number of amides is 2. The number of carbonyl (C=O) groups is 2. The summed E-state index contributed by atoms with van der Waals surface area (Å²) in [4.78, 5) is 29.4. The number of hydrogen-bond acceptors (Lipinski definition) is 5. The van der Waals surface area contributed by atoms with Crippen LogP contribution < -0.4 is 10.6 Å². The van der Waals surface area contributed by atoms with Gasteiger partial charge in [-0.1, -0.05) is 37.7 Å². The molecule has 5 atom stereocenters. The van der Waals surface area contributed by atoms with E-state index in [2.05, 4.69) is 35.5 Å². The molecule has 2 amide bonds. The predicted octanol–water partition coefficient (Wildman–Crippen LogP) is 3.83. The van der Waals surface area contributed by atoms with Crippen molar-refractivity contribution in [1.82, 2.24) is 15.6 Å². The third-order valence-electron chi connectivity index (χ3n) is 6.28. The first kappa shape index (κ1) is 19.7. The van der Waals surface area contributed by atoms with Crippen LogP contribution in [0, 0.1) is 17.8 Å². The molecule has 0 radical (unpaired) electrons. The molecule has 4 rings (SSSR count). The molecule has 2 heterocycles. The van der Waals surface area contributed by atoms with Crippen molar-refractivity contribution < 1.29 is 9.59 Å². The number of nitrogens with one attached hydrogen (secondary N) is 2. The lowest BCUT2D eigenvalue weighted by atomic mass is 9.67. The van der Waals surface area contributed by atoms with E-state index in [0.717, 1.165) is 40.2 Å². The number of benzene rings is 1. The summed E-state index contributed by atoms with van der Waals surface area (Å²) in [5.74, 6) is 1.72. The van der Waals surface area contributed by atoms with Crippen molar-refractivity contribution in [2.45, 2.75) is 56.0 Å². The maximum absolute atomic E-state index is 12.4. The Balaban J connectivity index is 1.29. The molecule has 7 heteroatoms. The molecule has 1 aromatic carbocycles. The minimum atomic E-state index is 0.0503. The van der Waals surface area contributed by atoms with Crippen LogP contribution in [0.5, 0.6) is 0 Å². The van der Waals surface area contributed by atoms with Gasteiger partial charge in [0, 0.05) is 18.0 Å². The van der Waals surface area contributed by atoms with Crippen molar-refractivity contribution in [1.29, 1.82) is 0 Å². The molecule has 1 aliphatic carbocycles. The Morgan fingerprint density at radius 1 is 1.36 bits per heavy atom. The molecular weight excluding hydrogens is 390 g/mol. The van der Waals surface area contributed by atoms with E-state index in [9.17, 15) is 9.59 Å². The summed E-state index contributed by atoms with van der Waals surface area (Å²) in [7, 11) is 0. The van der Waals surface area contributed by atoms with E-state index in [1.807, 2.05) is 18.2 Å². The maximum Gasteiger partial charge on any atom is 0.230 e. The highest BCUT2D eigenvalue weighted by molar-refractivity contribution is 8.01. The Morgan fingerprint density at radius 3 is 2.96 bits per heavy atom. The number of carbonyl (C=O) groups excluding carboxylic acids is 2. The third-order valence-corrected chi connectivity index (χ3v) is 8.46. The second kappa shape index (κ2) is 8.41. The van der Waals surface area contributed by atoms with Gasteiger partial charge in [0.25, 0.3) is 0 Å². The molecule has 2 aliphatic rings. The van der Waals surface area contributed by atoms with Gasteiger partial charge in [-0.25, -0.2) is 4.98 Å². The molecule has 1 aromatic heterocycles. The van der Waals surface area contributed by atoms with Crippen molar-refractivity contribution in [3.63, 3.8) is 0 Å². The number of hydrogen-bond donors (Lipinski definition) is 2. The smallest absolute Gasteiger partial charge is 0.230 e. The average Bonchev–Trinajstić information content (AvgIpc) is 3.09. The number of thioether (sulfide) groups is 1. The maximum atomic E-state index is 12.4. The minimum Gasteiger partial charge on any atom is -0.353 e. The zero-order valence-corrected chi connectivity index (χ0v) is 17.9. The summed E-state index contributed by atoms with van der Waals surface area (Å²) < 4.78 is 2.08. The van der Waals surface area contributed by atoms with Crippen LogP contribution in [-0.4, -0.2) is 34.6 Å². The monoisotopic (exact) mass is 417 g/mol. The highest BCUT2D eigenvalue weighted by atomic mass is 32.2. The molecule has 5 nitrogen and oxygen atoms in total. The van der Waals surface area contributed by atoms with Crippen LogP contribution in [0.2, 0.25) is 0 Å². The fraction of sp³-hybridized carbons (Fsp3) is 0.571. The average molecular weight is 418 g/mol. The summed E-state index contributed by atoms with van der Waals surface area (Å²) in [5.41, 5.74) is 0.987. The summed E-state index contributed by atoms with van der Waals surface area (Å²) >= 11 is 3.12. The zero-order valence-electron chi connectivity index (χ0n) is 16.3. The first-order chi connectivity index (χ1) is 13.5. The SMILES string of the molecule is CCC1C(=O)NC2CC(NC(=O)CSc3nc4ccccc4s3)CCC2C1C. The second-order valence-corrected chi connectivity index (χ2v) is 10.2. The molecule has 0 bridgehead atoms. The van der Waals surface area contributed by atoms with Crippen LogP contribution in [-0.2, 0) is 9.59 Å². The highest BCUT2D eigenvalue weighted by Crippen LogP contribution is 2.39. The summed E-state index contributed by atoms with van der Waals surface area (Å²) in [6.07, 6.45) is 3.81. The van der Waals surface area contributed by atoms with E-state index < -0.39 is 0 Å². The van der Waals surface area contributed by atoms with Crippen molar-refractivity contribution >= 4 is 45.1 Å². The molecule has 2 N–H and O–H groups in total. The Labute approximate surface area is 174 Å². The van der Waals surface area contributed by atoms with Crippen LogP contribution in [0.1, 0.15) is 39.5 Å². The molecule has 2 aromatic rings. The fourth-order valence-corrected chi connectivity index (χ4v) is 6.69. The standard InChI is InChI=1S/C21H27N3O2S2/c1-3-14-12(2)15-9-8-13(10-17(15)23-20(14)26)22-19(25)11-27-21-24-16-6-4-5-7-18(16)28-21/h4-7,12-15,17H,3,8-11H2,1-2H3,(H,22,25)(H,23,26). The Bertz CT molecular complexity index is 835. The van der Waals surface area contributed by atoms with Gasteiger partial charge in [0.1, 0.15) is 0 Å². The summed E-state index contributed by atoms with van der Waals surface area (Å²) in [6, 6.07) is 8.38. The Hall–Kier alpha value is -1.60. The highest BCUT2D eigenvalue weighted by Gasteiger charge is 2.43. The van der Waals surface area contributed by atoms with Gasteiger partial charge in [0.05, 0.1) is 16.0 Å². The topological polar surface area (TPSA) is 71.1 Å². The van der Waals surface area contributed by atoms with Gasteiger partial charge in [-0.2, -0.15) is 0 Å². The Kier molecular flexibility index (Phi) is 5.92. The summed E-state index contributed by atoms with van der Waals surface area (Å²) in [5, 5.41) is 6.40. The lowest BCUT2D eigenvalue weighted by molar-refractivity contribution is -0.133. The molecular formula is C21H27N3O2S2. The van der Waals surface area contributed by atoms with Gasteiger partial charge >= 0.3 is 0 Å². The number of aromatic nitrogens is 1. The van der Waals surface area contributed by atoms with Gasteiger partial charge in [0.2, 0.25) is 11.8 Å². The van der Waals surface area contributed by atoms with E-state index in [4.69, 9.17) is 0 Å². The zero-order chi connectivity index (χ0) is 19.7. The second-order valence-electron chi connectivity index (χ2n) is 7.97. The van der Waals surface area contributed by atoms with Gasteiger partial charge in [-0.05, 0) is 49.7 Å². The Morgan fingerprint density at radius 2 is 2.18 bits per heavy atom. The van der Waals surface area contributed by atoms with Gasteiger partial charge in [0.15, 0.2) is 4.34 Å². The fourth-order valence-electron chi connectivity index (χ4n) is 4.81. The van der Waals surface area contributed by atoms with Crippen LogP contribution in [0.3, 0.4) is 0 Å². The van der Waals surface area contributed by atoms with Crippen molar-refractivity contribution in [2.24, 2.45) is 17.8 Å². The van der Waals surface area contributed by atoms with Crippen LogP contribution in [0.15, 0.2) is 28.6 Å². The molecule has 5 unspecified atom stereocenters. The number of fused-ring (bicyclic) bond motifs is 2. The van der Waals surface area contributed by atoms with Crippen molar-refractivity contribution in [3.8, 4) is 0 Å². The normalized spacial score (nSPS) is 29.9. The van der Waals surface area contributed by atoms with E-state index in [1.54, 1.807) is 11.3 Å². The van der Waals surface area contributed by atoms with Gasteiger partial charge in [-0.15, -0.1) is 11.3 Å². The largest absolute Gasteiger partial charge is 0.353 e. The minimum absolute atomic E-state index is 0.0503. The van der Waals surface area contributed by atoms with Crippen molar-refractivity contribution in [2.75, 3.05) is 5.75 Å².